The summed E-state index contributed by atoms with van der Waals surface area (Å²) in [5, 5.41) is 9.06. The molecule has 0 aliphatic heterocycles. The van der Waals surface area contributed by atoms with E-state index in [4.69, 9.17) is 15.8 Å². The van der Waals surface area contributed by atoms with Gasteiger partial charge < -0.3 is 5.11 Å². The molecule has 0 spiro atoms. The predicted octanol–water partition coefficient (Wildman–Crippen LogP) is 1.60. The van der Waals surface area contributed by atoms with E-state index < -0.39 is 26.4 Å². The van der Waals surface area contributed by atoms with Gasteiger partial charge in [-0.1, -0.05) is 12.1 Å². The molecule has 0 atom stereocenters. The third kappa shape index (κ3) is 2.86. The number of hydrogen-bond donors (Lipinski definition) is 1. The van der Waals surface area contributed by atoms with Crippen molar-refractivity contribution in [2.24, 2.45) is 0 Å². The van der Waals surface area contributed by atoms with Crippen LogP contribution in [0.25, 0.3) is 0 Å². The lowest BCUT2D eigenvalue weighted by molar-refractivity contribution is 0.427. The number of aromatic hydroxyl groups is 1. The minimum absolute atomic E-state index is 0.0463. The highest BCUT2D eigenvalue weighted by Gasteiger charge is 2.13. The van der Waals surface area contributed by atoms with Crippen LogP contribution in [0.4, 0.5) is 4.39 Å². The van der Waals surface area contributed by atoms with Gasteiger partial charge in [0.2, 0.25) is 9.05 Å². The Hall–Kier alpha value is -0.810. The topological polar surface area (TPSA) is 54.4 Å². The smallest absolute Gasteiger partial charge is 0.236 e. The Bertz CT molecular complexity index is 416. The van der Waals surface area contributed by atoms with E-state index in [2.05, 4.69) is 0 Å². The molecule has 13 heavy (non-hydrogen) atoms. The summed E-state index contributed by atoms with van der Waals surface area (Å²) in [7, 11) is 1.16. The summed E-state index contributed by atoms with van der Waals surface area (Å²) < 4.78 is 33.9. The Morgan fingerprint density at radius 1 is 1.46 bits per heavy atom. The first-order valence-corrected chi connectivity index (χ1v) is 5.76. The molecular weight excluding hydrogens is 219 g/mol. The Morgan fingerprint density at radius 3 is 2.62 bits per heavy atom. The van der Waals surface area contributed by atoms with E-state index in [9.17, 15) is 12.8 Å². The molecule has 0 fully saturated rings. The molecule has 0 radical (unpaired) electrons. The van der Waals surface area contributed by atoms with Gasteiger partial charge in [-0.3, -0.25) is 0 Å². The van der Waals surface area contributed by atoms with Gasteiger partial charge in [0.25, 0.3) is 0 Å². The molecule has 0 amide bonds. The van der Waals surface area contributed by atoms with Crippen molar-refractivity contribution in [2.45, 2.75) is 5.75 Å². The number of halogens is 2. The number of para-hydroxylation sites is 1. The zero-order valence-corrected chi connectivity index (χ0v) is 7.94. The fourth-order valence-corrected chi connectivity index (χ4v) is 1.82. The van der Waals surface area contributed by atoms with Crippen LogP contribution in [0.5, 0.6) is 5.75 Å². The lowest BCUT2D eigenvalue weighted by atomic mass is 10.2. The molecule has 3 nitrogen and oxygen atoms in total. The number of benzene rings is 1. The second kappa shape index (κ2) is 3.51. The van der Waals surface area contributed by atoms with Crippen molar-refractivity contribution in [1.29, 1.82) is 0 Å². The highest BCUT2D eigenvalue weighted by atomic mass is 35.7. The molecule has 1 aromatic rings. The average Bonchev–Trinajstić information content (AvgIpc) is 1.96. The highest BCUT2D eigenvalue weighted by molar-refractivity contribution is 8.13. The highest BCUT2D eigenvalue weighted by Crippen LogP contribution is 2.23. The van der Waals surface area contributed by atoms with Crippen LogP contribution in [0, 0.1) is 5.82 Å². The third-order valence-corrected chi connectivity index (χ3v) is 2.38. The van der Waals surface area contributed by atoms with E-state index in [1.54, 1.807) is 0 Å². The SMILES string of the molecule is O=S(=O)(Cl)Cc1cccc(F)c1O. The first-order valence-electron chi connectivity index (χ1n) is 3.29. The van der Waals surface area contributed by atoms with Crippen LogP contribution in [0.1, 0.15) is 5.56 Å². The molecule has 1 aromatic carbocycles. The quantitative estimate of drug-likeness (QED) is 0.777. The summed E-state index contributed by atoms with van der Waals surface area (Å²) in [6.07, 6.45) is 0. The second-order valence-corrected chi connectivity index (χ2v) is 5.21. The molecule has 1 N–H and O–H groups in total. The maximum atomic E-state index is 12.7. The largest absolute Gasteiger partial charge is 0.505 e. The van der Waals surface area contributed by atoms with Gasteiger partial charge in [0.05, 0.1) is 5.75 Å². The van der Waals surface area contributed by atoms with E-state index >= 15 is 0 Å². The summed E-state index contributed by atoms with van der Waals surface area (Å²) in [5.74, 6) is -2.12. The molecule has 0 aromatic heterocycles. The molecule has 0 saturated carbocycles. The van der Waals surface area contributed by atoms with E-state index in [-0.39, 0.29) is 5.56 Å². The number of rotatable bonds is 2. The van der Waals surface area contributed by atoms with Crippen molar-refractivity contribution in [1.82, 2.24) is 0 Å². The van der Waals surface area contributed by atoms with Crippen molar-refractivity contribution in [3.63, 3.8) is 0 Å². The molecule has 0 saturated heterocycles. The van der Waals surface area contributed by atoms with Crippen LogP contribution in [-0.4, -0.2) is 13.5 Å². The average molecular weight is 225 g/mol. The van der Waals surface area contributed by atoms with Gasteiger partial charge in [0.15, 0.2) is 11.6 Å². The molecule has 0 aliphatic carbocycles. The first-order chi connectivity index (χ1) is 5.90. The van der Waals surface area contributed by atoms with Crippen molar-refractivity contribution in [3.8, 4) is 5.75 Å². The molecule has 0 bridgehead atoms. The molecule has 0 aliphatic rings. The lowest BCUT2D eigenvalue weighted by Gasteiger charge is -2.01. The van der Waals surface area contributed by atoms with Gasteiger partial charge in [-0.05, 0) is 6.07 Å². The molecular formula is C7H6ClFO3S. The van der Waals surface area contributed by atoms with Crippen LogP contribution in [0.2, 0.25) is 0 Å². The Balaban J connectivity index is 3.10. The van der Waals surface area contributed by atoms with Crippen molar-refractivity contribution in [2.75, 3.05) is 0 Å². The Morgan fingerprint density at radius 2 is 2.08 bits per heavy atom. The standard InChI is InChI=1S/C7H6ClFO3S/c8-13(11,12)4-5-2-1-3-6(9)7(5)10/h1-3,10H,4H2. The summed E-state index contributed by atoms with van der Waals surface area (Å²) in [5.41, 5.74) is -0.0463. The zero-order valence-electron chi connectivity index (χ0n) is 6.37. The fourth-order valence-electron chi connectivity index (χ4n) is 0.862. The van der Waals surface area contributed by atoms with E-state index in [0.29, 0.717) is 0 Å². The Labute approximate surface area is 79.2 Å². The fraction of sp³-hybridized carbons (Fsp3) is 0.143. The van der Waals surface area contributed by atoms with Crippen LogP contribution < -0.4 is 0 Å². The summed E-state index contributed by atoms with van der Waals surface area (Å²) in [4.78, 5) is 0. The van der Waals surface area contributed by atoms with Gasteiger partial charge >= 0.3 is 0 Å². The van der Waals surface area contributed by atoms with Gasteiger partial charge in [0.1, 0.15) is 0 Å². The van der Waals surface area contributed by atoms with Crippen LogP contribution in [0.15, 0.2) is 18.2 Å². The van der Waals surface area contributed by atoms with Crippen LogP contribution in [0.3, 0.4) is 0 Å². The van der Waals surface area contributed by atoms with Gasteiger partial charge in [-0.2, -0.15) is 0 Å². The molecule has 0 unspecified atom stereocenters. The van der Waals surface area contributed by atoms with Gasteiger partial charge in [-0.25, -0.2) is 12.8 Å². The van der Waals surface area contributed by atoms with E-state index in [0.717, 1.165) is 6.07 Å². The van der Waals surface area contributed by atoms with E-state index in [1.807, 2.05) is 0 Å². The second-order valence-electron chi connectivity index (χ2n) is 2.43. The van der Waals surface area contributed by atoms with Crippen molar-refractivity contribution in [3.05, 3.63) is 29.6 Å². The van der Waals surface area contributed by atoms with Crippen LogP contribution in [-0.2, 0) is 14.8 Å². The van der Waals surface area contributed by atoms with E-state index in [1.165, 1.54) is 12.1 Å². The number of phenolic OH excluding ortho intramolecular Hbond substituents is 1. The third-order valence-electron chi connectivity index (χ3n) is 1.40. The maximum Gasteiger partial charge on any atom is 0.236 e. The maximum absolute atomic E-state index is 12.7. The summed E-state index contributed by atoms with van der Waals surface area (Å²) >= 11 is 0. The molecule has 6 heteroatoms. The minimum atomic E-state index is -3.77. The normalized spacial score (nSPS) is 11.5. The zero-order chi connectivity index (χ0) is 10.1. The molecule has 0 heterocycles. The van der Waals surface area contributed by atoms with Gasteiger partial charge in [0, 0.05) is 16.2 Å². The molecule has 1 rings (SSSR count). The Kier molecular flexibility index (Phi) is 2.77. The molecule has 72 valence electrons. The van der Waals surface area contributed by atoms with Crippen molar-refractivity contribution >= 4 is 19.7 Å². The monoisotopic (exact) mass is 224 g/mol. The number of hydrogen-bond acceptors (Lipinski definition) is 3. The van der Waals surface area contributed by atoms with Gasteiger partial charge in [-0.15, -0.1) is 0 Å². The van der Waals surface area contributed by atoms with Crippen molar-refractivity contribution < 1.29 is 17.9 Å². The summed E-state index contributed by atoms with van der Waals surface area (Å²) in [6.45, 7) is 0. The number of phenols is 1. The predicted molar refractivity (Wildman–Crippen MR) is 46.5 cm³/mol. The van der Waals surface area contributed by atoms with Crippen LogP contribution >= 0.6 is 10.7 Å². The first kappa shape index (κ1) is 10.3. The summed E-state index contributed by atoms with van der Waals surface area (Å²) in [6, 6.07) is 3.62. The minimum Gasteiger partial charge on any atom is -0.505 e. The lowest BCUT2D eigenvalue weighted by Crippen LogP contribution is -1.96.